The monoisotopic (exact) mass is 325 g/mol. The number of halogens is 1. The van der Waals surface area contributed by atoms with Crippen molar-refractivity contribution in [1.29, 1.82) is 0 Å². The van der Waals surface area contributed by atoms with Crippen LogP contribution in [0.25, 0.3) is 0 Å². The predicted molar refractivity (Wildman–Crippen MR) is 79.2 cm³/mol. The van der Waals surface area contributed by atoms with E-state index in [9.17, 15) is 4.79 Å². The second kappa shape index (κ2) is 5.16. The molecule has 0 bridgehead atoms. The molecule has 0 saturated heterocycles. The number of amides is 1. The molecule has 2 rings (SSSR count). The summed E-state index contributed by atoms with van der Waals surface area (Å²) in [4.78, 5) is 14.0. The highest BCUT2D eigenvalue weighted by Crippen LogP contribution is 2.34. The van der Waals surface area contributed by atoms with Gasteiger partial charge in [-0.05, 0) is 51.3 Å². The second-order valence-corrected chi connectivity index (χ2v) is 6.76. The van der Waals surface area contributed by atoms with E-state index in [4.69, 9.17) is 4.74 Å². The molecule has 0 saturated carbocycles. The van der Waals surface area contributed by atoms with Gasteiger partial charge in [0.15, 0.2) is 0 Å². The van der Waals surface area contributed by atoms with Crippen molar-refractivity contribution in [2.24, 2.45) is 0 Å². The van der Waals surface area contributed by atoms with Crippen molar-refractivity contribution in [2.45, 2.75) is 45.8 Å². The SMILES string of the molecule is C[C@H]1c2cccc(Br)c2CCN1C(=O)OC(C)(C)C. The molecule has 19 heavy (non-hydrogen) atoms. The summed E-state index contributed by atoms with van der Waals surface area (Å²) in [5.74, 6) is 0. The van der Waals surface area contributed by atoms with Crippen molar-refractivity contribution in [3.8, 4) is 0 Å². The number of hydrogen-bond donors (Lipinski definition) is 0. The highest BCUT2D eigenvalue weighted by molar-refractivity contribution is 9.10. The molecule has 1 heterocycles. The van der Waals surface area contributed by atoms with Crippen LogP contribution in [-0.4, -0.2) is 23.1 Å². The van der Waals surface area contributed by atoms with Crippen molar-refractivity contribution in [2.75, 3.05) is 6.54 Å². The number of carbonyl (C=O) groups excluding carboxylic acids is 1. The molecule has 0 unspecified atom stereocenters. The molecular formula is C15H20BrNO2. The smallest absolute Gasteiger partial charge is 0.410 e. The Morgan fingerprint density at radius 1 is 1.42 bits per heavy atom. The van der Waals surface area contributed by atoms with Crippen LogP contribution in [0.3, 0.4) is 0 Å². The Balaban J connectivity index is 2.22. The topological polar surface area (TPSA) is 29.5 Å². The van der Waals surface area contributed by atoms with Crippen molar-refractivity contribution < 1.29 is 9.53 Å². The zero-order chi connectivity index (χ0) is 14.2. The van der Waals surface area contributed by atoms with Crippen LogP contribution in [0.5, 0.6) is 0 Å². The summed E-state index contributed by atoms with van der Waals surface area (Å²) >= 11 is 3.58. The Morgan fingerprint density at radius 2 is 2.11 bits per heavy atom. The first-order chi connectivity index (χ1) is 8.79. The third kappa shape index (κ3) is 3.11. The van der Waals surface area contributed by atoms with Gasteiger partial charge in [0, 0.05) is 11.0 Å². The Bertz CT molecular complexity index is 493. The summed E-state index contributed by atoms with van der Waals surface area (Å²) in [6.45, 7) is 8.43. The molecule has 0 spiro atoms. The van der Waals surface area contributed by atoms with Crippen LogP contribution in [0, 0.1) is 0 Å². The average molecular weight is 326 g/mol. The molecule has 1 aromatic carbocycles. The number of benzene rings is 1. The van der Waals surface area contributed by atoms with Crippen molar-refractivity contribution in [1.82, 2.24) is 4.90 Å². The van der Waals surface area contributed by atoms with E-state index in [1.165, 1.54) is 11.1 Å². The zero-order valence-electron chi connectivity index (χ0n) is 11.9. The Hall–Kier alpha value is -1.03. The molecule has 1 aliphatic heterocycles. The lowest BCUT2D eigenvalue weighted by Crippen LogP contribution is -2.42. The first kappa shape index (κ1) is 14.4. The van der Waals surface area contributed by atoms with E-state index in [-0.39, 0.29) is 12.1 Å². The molecule has 0 N–H and O–H groups in total. The molecule has 0 aromatic heterocycles. The van der Waals surface area contributed by atoms with Gasteiger partial charge in [0.2, 0.25) is 0 Å². The summed E-state index contributed by atoms with van der Waals surface area (Å²) < 4.78 is 6.59. The number of carbonyl (C=O) groups is 1. The van der Waals surface area contributed by atoms with E-state index in [0.29, 0.717) is 6.54 Å². The van der Waals surface area contributed by atoms with Crippen molar-refractivity contribution >= 4 is 22.0 Å². The Labute approximate surface area is 123 Å². The summed E-state index contributed by atoms with van der Waals surface area (Å²) in [7, 11) is 0. The van der Waals surface area contributed by atoms with E-state index < -0.39 is 5.60 Å². The van der Waals surface area contributed by atoms with Crippen molar-refractivity contribution in [3.63, 3.8) is 0 Å². The average Bonchev–Trinajstić information content (AvgIpc) is 2.28. The number of ether oxygens (including phenoxy) is 1. The third-order valence-corrected chi connectivity index (χ3v) is 4.05. The zero-order valence-corrected chi connectivity index (χ0v) is 13.5. The van der Waals surface area contributed by atoms with Crippen LogP contribution < -0.4 is 0 Å². The van der Waals surface area contributed by atoms with Crippen LogP contribution in [-0.2, 0) is 11.2 Å². The highest BCUT2D eigenvalue weighted by Gasteiger charge is 2.31. The minimum Gasteiger partial charge on any atom is -0.444 e. The predicted octanol–water partition coefficient (Wildman–Crippen LogP) is 4.30. The first-order valence-electron chi connectivity index (χ1n) is 6.56. The van der Waals surface area contributed by atoms with Crippen LogP contribution in [0.2, 0.25) is 0 Å². The van der Waals surface area contributed by atoms with Gasteiger partial charge in [-0.2, -0.15) is 0 Å². The largest absolute Gasteiger partial charge is 0.444 e. The lowest BCUT2D eigenvalue weighted by atomic mass is 9.94. The van der Waals surface area contributed by atoms with Gasteiger partial charge in [0.25, 0.3) is 0 Å². The van der Waals surface area contributed by atoms with Gasteiger partial charge in [-0.15, -0.1) is 0 Å². The fourth-order valence-electron chi connectivity index (χ4n) is 2.39. The Kier molecular flexibility index (Phi) is 3.90. The number of fused-ring (bicyclic) bond motifs is 1. The normalized spacial score (nSPS) is 19.0. The van der Waals surface area contributed by atoms with Gasteiger partial charge < -0.3 is 9.64 Å². The molecule has 104 valence electrons. The number of nitrogens with zero attached hydrogens (tertiary/aromatic N) is 1. The summed E-state index contributed by atoms with van der Waals surface area (Å²) in [6, 6.07) is 6.20. The fourth-order valence-corrected chi connectivity index (χ4v) is 2.97. The molecule has 3 nitrogen and oxygen atoms in total. The van der Waals surface area contributed by atoms with Gasteiger partial charge in [0.1, 0.15) is 5.60 Å². The van der Waals surface area contributed by atoms with Gasteiger partial charge >= 0.3 is 6.09 Å². The molecule has 1 aromatic rings. The van der Waals surface area contributed by atoms with Crippen LogP contribution in [0.4, 0.5) is 4.79 Å². The van der Waals surface area contributed by atoms with E-state index in [1.807, 2.05) is 33.8 Å². The van der Waals surface area contributed by atoms with Gasteiger partial charge in [0.05, 0.1) is 6.04 Å². The van der Waals surface area contributed by atoms with Crippen LogP contribution >= 0.6 is 15.9 Å². The summed E-state index contributed by atoms with van der Waals surface area (Å²) in [5.41, 5.74) is 2.05. The first-order valence-corrected chi connectivity index (χ1v) is 7.36. The molecule has 0 radical (unpaired) electrons. The Morgan fingerprint density at radius 3 is 2.74 bits per heavy atom. The summed E-state index contributed by atoms with van der Waals surface area (Å²) in [5, 5.41) is 0. The number of rotatable bonds is 0. The molecule has 1 amide bonds. The highest BCUT2D eigenvalue weighted by atomic mass is 79.9. The standard InChI is InChI=1S/C15H20BrNO2/c1-10-11-6-5-7-13(16)12(11)8-9-17(10)14(18)19-15(2,3)4/h5-7,10H,8-9H2,1-4H3/t10-/m0/s1. The fraction of sp³-hybridized carbons (Fsp3) is 0.533. The molecule has 0 fully saturated rings. The van der Waals surface area contributed by atoms with E-state index in [0.717, 1.165) is 10.9 Å². The third-order valence-electron chi connectivity index (χ3n) is 3.30. The van der Waals surface area contributed by atoms with Crippen LogP contribution in [0.1, 0.15) is 44.9 Å². The van der Waals surface area contributed by atoms with Gasteiger partial charge in [-0.3, -0.25) is 0 Å². The maximum absolute atomic E-state index is 12.2. The van der Waals surface area contributed by atoms with Crippen molar-refractivity contribution in [3.05, 3.63) is 33.8 Å². The van der Waals surface area contributed by atoms with E-state index in [1.54, 1.807) is 4.90 Å². The molecule has 4 heteroatoms. The molecule has 0 aliphatic carbocycles. The lowest BCUT2D eigenvalue weighted by Gasteiger charge is -2.36. The maximum Gasteiger partial charge on any atom is 0.410 e. The van der Waals surface area contributed by atoms with Gasteiger partial charge in [-0.1, -0.05) is 28.1 Å². The molecule has 1 atom stereocenters. The quantitative estimate of drug-likeness (QED) is 0.711. The maximum atomic E-state index is 12.2. The minimum absolute atomic E-state index is 0.0519. The molecule has 1 aliphatic rings. The lowest BCUT2D eigenvalue weighted by molar-refractivity contribution is 0.0159. The van der Waals surface area contributed by atoms with Gasteiger partial charge in [-0.25, -0.2) is 4.79 Å². The van der Waals surface area contributed by atoms with E-state index >= 15 is 0 Å². The molecular weight excluding hydrogens is 306 g/mol. The number of hydrogen-bond acceptors (Lipinski definition) is 2. The minimum atomic E-state index is -0.450. The summed E-state index contributed by atoms with van der Waals surface area (Å²) in [6.07, 6.45) is 0.631. The second-order valence-electron chi connectivity index (χ2n) is 5.91. The van der Waals surface area contributed by atoms with E-state index in [2.05, 4.69) is 28.1 Å². The van der Waals surface area contributed by atoms with Crippen LogP contribution in [0.15, 0.2) is 22.7 Å².